The molecular weight excluding hydrogens is 195 g/mol. The van der Waals surface area contributed by atoms with Crippen molar-refractivity contribution >= 4 is 0 Å². The average Bonchev–Trinajstić information content (AvgIpc) is 2.46. The molecule has 3 nitrogen and oxygen atoms in total. The Morgan fingerprint density at radius 1 is 1.43 bits per heavy atom. The first-order chi connectivity index (χ1) is 6.43. The summed E-state index contributed by atoms with van der Waals surface area (Å²) in [4.78, 5) is 0. The van der Waals surface area contributed by atoms with Gasteiger partial charge in [-0.1, -0.05) is 0 Å². The van der Waals surface area contributed by atoms with E-state index in [0.717, 1.165) is 6.42 Å². The van der Waals surface area contributed by atoms with E-state index in [9.17, 15) is 13.2 Å². The van der Waals surface area contributed by atoms with Gasteiger partial charge < -0.3 is 5.73 Å². The highest BCUT2D eigenvalue weighted by Crippen LogP contribution is 2.43. The predicted molar refractivity (Wildman–Crippen MR) is 43.3 cm³/mol. The lowest BCUT2D eigenvalue weighted by Gasteiger charge is -2.38. The molecule has 0 amide bonds. The van der Waals surface area contributed by atoms with Crippen LogP contribution >= 0.6 is 0 Å². The Labute approximate surface area is 78.5 Å². The van der Waals surface area contributed by atoms with Crippen molar-refractivity contribution < 1.29 is 13.2 Å². The summed E-state index contributed by atoms with van der Waals surface area (Å²) in [5.41, 5.74) is 4.27. The molecule has 0 bridgehead atoms. The molecule has 1 aliphatic rings. The summed E-state index contributed by atoms with van der Waals surface area (Å²) in [6, 6.07) is 0. The summed E-state index contributed by atoms with van der Waals surface area (Å²) in [7, 11) is 0. The van der Waals surface area contributed by atoms with Gasteiger partial charge >= 0.3 is 6.18 Å². The fourth-order valence-corrected chi connectivity index (χ4v) is 1.71. The Morgan fingerprint density at radius 3 is 2.50 bits per heavy atom. The van der Waals surface area contributed by atoms with Crippen LogP contribution in [0.3, 0.4) is 0 Å². The zero-order valence-electron chi connectivity index (χ0n) is 7.36. The summed E-state index contributed by atoms with van der Waals surface area (Å²) < 4.78 is 37.3. The van der Waals surface area contributed by atoms with Crippen LogP contribution in [-0.4, -0.2) is 10.2 Å². The Kier molecular flexibility index (Phi) is 1.85. The maximum atomic E-state index is 12.4. The number of halogens is 3. The highest BCUT2D eigenvalue weighted by atomic mass is 19.4. The number of hydrogen-bond acceptors (Lipinski definition) is 2. The lowest BCUT2D eigenvalue weighted by Crippen LogP contribution is -2.44. The molecule has 1 saturated carbocycles. The topological polar surface area (TPSA) is 54.7 Å². The van der Waals surface area contributed by atoms with Gasteiger partial charge in [-0.25, -0.2) is 0 Å². The van der Waals surface area contributed by atoms with E-state index in [1.165, 1.54) is 6.20 Å². The van der Waals surface area contributed by atoms with Crippen molar-refractivity contribution in [1.29, 1.82) is 0 Å². The largest absolute Gasteiger partial charge is 0.433 e. The summed E-state index contributed by atoms with van der Waals surface area (Å²) in [6.45, 7) is 0. The fraction of sp³-hybridized carbons (Fsp3) is 0.625. The minimum Gasteiger partial charge on any atom is -0.321 e. The Bertz CT molecular complexity index is 338. The highest BCUT2D eigenvalue weighted by molar-refractivity contribution is 5.30. The molecule has 1 aromatic rings. The van der Waals surface area contributed by atoms with Gasteiger partial charge in [-0.2, -0.15) is 18.3 Å². The first kappa shape index (κ1) is 9.51. The number of nitrogens with two attached hydrogens (primary N) is 1. The third-order valence-corrected chi connectivity index (χ3v) is 2.70. The fourth-order valence-electron chi connectivity index (χ4n) is 1.71. The van der Waals surface area contributed by atoms with Crippen molar-refractivity contribution in [2.75, 3.05) is 0 Å². The van der Waals surface area contributed by atoms with Crippen LogP contribution in [0.25, 0.3) is 0 Å². The van der Waals surface area contributed by atoms with Gasteiger partial charge in [0.05, 0.1) is 6.20 Å². The van der Waals surface area contributed by atoms with E-state index >= 15 is 0 Å². The molecule has 14 heavy (non-hydrogen) atoms. The van der Waals surface area contributed by atoms with E-state index in [2.05, 4.69) is 5.10 Å². The SMILES string of the molecule is NC1(c2cn[nH]c2C(F)(F)F)CCC1. The van der Waals surface area contributed by atoms with Crippen molar-refractivity contribution in [2.45, 2.75) is 31.0 Å². The van der Waals surface area contributed by atoms with Gasteiger partial charge in [-0.05, 0) is 19.3 Å². The number of aromatic nitrogens is 2. The molecule has 1 fully saturated rings. The Balaban J connectivity index is 2.39. The molecule has 1 aromatic heterocycles. The van der Waals surface area contributed by atoms with Crippen LogP contribution in [-0.2, 0) is 11.7 Å². The summed E-state index contributed by atoms with van der Waals surface area (Å²) >= 11 is 0. The highest BCUT2D eigenvalue weighted by Gasteiger charge is 2.44. The van der Waals surface area contributed by atoms with E-state index in [4.69, 9.17) is 5.73 Å². The van der Waals surface area contributed by atoms with E-state index in [0.29, 0.717) is 12.8 Å². The number of H-pyrrole nitrogens is 1. The lowest BCUT2D eigenvalue weighted by molar-refractivity contribution is -0.142. The van der Waals surface area contributed by atoms with Gasteiger partial charge in [0.25, 0.3) is 0 Å². The number of aromatic amines is 1. The maximum absolute atomic E-state index is 12.4. The summed E-state index contributed by atoms with van der Waals surface area (Å²) in [6.07, 6.45) is -1.15. The number of rotatable bonds is 1. The zero-order chi connectivity index (χ0) is 10.4. The molecule has 6 heteroatoms. The van der Waals surface area contributed by atoms with Gasteiger partial charge in [0, 0.05) is 11.1 Å². The van der Waals surface area contributed by atoms with Crippen molar-refractivity contribution in [3.05, 3.63) is 17.5 Å². The van der Waals surface area contributed by atoms with E-state index < -0.39 is 17.4 Å². The van der Waals surface area contributed by atoms with Crippen LogP contribution in [0.5, 0.6) is 0 Å². The van der Waals surface area contributed by atoms with Crippen LogP contribution in [0.1, 0.15) is 30.5 Å². The van der Waals surface area contributed by atoms with Crippen molar-refractivity contribution in [1.82, 2.24) is 10.2 Å². The minimum absolute atomic E-state index is 0.0938. The molecule has 0 unspecified atom stereocenters. The van der Waals surface area contributed by atoms with Gasteiger partial charge in [0.15, 0.2) is 0 Å². The molecule has 0 aromatic carbocycles. The standard InChI is InChI=1S/C8H10F3N3/c9-8(10,11)6-5(4-13-14-6)7(12)2-1-3-7/h4H,1-3,12H2,(H,13,14). The molecule has 1 aliphatic carbocycles. The third kappa shape index (κ3) is 1.30. The molecular formula is C8H10F3N3. The van der Waals surface area contributed by atoms with Crippen LogP contribution in [0.4, 0.5) is 13.2 Å². The minimum atomic E-state index is -4.40. The number of alkyl halides is 3. The van der Waals surface area contributed by atoms with Crippen LogP contribution in [0, 0.1) is 0 Å². The number of nitrogens with zero attached hydrogens (tertiary/aromatic N) is 1. The van der Waals surface area contributed by atoms with Gasteiger partial charge in [-0.15, -0.1) is 0 Å². The second-order valence-corrected chi connectivity index (χ2v) is 3.67. The van der Waals surface area contributed by atoms with Crippen molar-refractivity contribution in [3.63, 3.8) is 0 Å². The third-order valence-electron chi connectivity index (χ3n) is 2.70. The van der Waals surface area contributed by atoms with Crippen LogP contribution in [0.15, 0.2) is 6.20 Å². The first-order valence-corrected chi connectivity index (χ1v) is 4.33. The van der Waals surface area contributed by atoms with Crippen molar-refractivity contribution in [2.24, 2.45) is 5.73 Å². The first-order valence-electron chi connectivity index (χ1n) is 4.33. The molecule has 78 valence electrons. The Hall–Kier alpha value is -1.04. The van der Waals surface area contributed by atoms with Gasteiger partial charge in [0.2, 0.25) is 0 Å². The smallest absolute Gasteiger partial charge is 0.321 e. The van der Waals surface area contributed by atoms with E-state index in [1.807, 2.05) is 5.10 Å². The molecule has 0 aliphatic heterocycles. The van der Waals surface area contributed by atoms with Gasteiger partial charge in [-0.3, -0.25) is 5.10 Å². The van der Waals surface area contributed by atoms with Gasteiger partial charge in [0.1, 0.15) is 5.69 Å². The maximum Gasteiger partial charge on any atom is 0.433 e. The normalized spacial score (nSPS) is 20.6. The molecule has 0 radical (unpaired) electrons. The summed E-state index contributed by atoms with van der Waals surface area (Å²) in [5, 5.41) is 5.38. The number of nitrogens with one attached hydrogen (secondary N) is 1. The molecule has 2 rings (SSSR count). The van der Waals surface area contributed by atoms with Crippen LogP contribution < -0.4 is 5.73 Å². The van der Waals surface area contributed by atoms with E-state index in [1.54, 1.807) is 0 Å². The zero-order valence-corrected chi connectivity index (χ0v) is 7.36. The van der Waals surface area contributed by atoms with E-state index in [-0.39, 0.29) is 5.56 Å². The number of hydrogen-bond donors (Lipinski definition) is 2. The Morgan fingerprint density at radius 2 is 2.07 bits per heavy atom. The molecule has 0 spiro atoms. The quantitative estimate of drug-likeness (QED) is 0.734. The summed E-state index contributed by atoms with van der Waals surface area (Å²) in [5.74, 6) is 0. The molecule has 0 atom stereocenters. The second kappa shape index (κ2) is 2.73. The lowest BCUT2D eigenvalue weighted by atomic mass is 9.73. The molecule has 0 saturated heterocycles. The monoisotopic (exact) mass is 205 g/mol. The van der Waals surface area contributed by atoms with Crippen molar-refractivity contribution in [3.8, 4) is 0 Å². The molecule has 3 N–H and O–H groups in total. The average molecular weight is 205 g/mol. The second-order valence-electron chi connectivity index (χ2n) is 3.67. The predicted octanol–water partition coefficient (Wildman–Crippen LogP) is 1.77. The van der Waals surface area contributed by atoms with Crippen LogP contribution in [0.2, 0.25) is 0 Å². The molecule has 1 heterocycles.